The first-order chi connectivity index (χ1) is 19.6. The Morgan fingerprint density at radius 3 is 2.14 bits per heavy atom. The summed E-state index contributed by atoms with van der Waals surface area (Å²) in [7, 11) is -4.07. The number of hydrogen-bond acceptors (Lipinski definition) is 6. The van der Waals surface area contributed by atoms with Crippen LogP contribution in [0.25, 0.3) is 0 Å². The van der Waals surface area contributed by atoms with Crippen LogP contribution in [-0.2, 0) is 30.5 Å². The third kappa shape index (κ3) is 7.02. The van der Waals surface area contributed by atoms with E-state index in [4.69, 9.17) is 34.7 Å². The molecule has 1 aliphatic carbocycles. The third-order valence-electron chi connectivity index (χ3n) is 8.71. The van der Waals surface area contributed by atoms with Crippen LogP contribution in [0.3, 0.4) is 0 Å². The summed E-state index contributed by atoms with van der Waals surface area (Å²) < 4.78 is 31.7. The monoisotopic (exact) mass is 632 g/mol. The predicted molar refractivity (Wildman–Crippen MR) is 172 cm³/mol. The first-order valence-electron chi connectivity index (χ1n) is 15.5. The lowest BCUT2D eigenvalue weighted by Crippen LogP contribution is -2.64. The Morgan fingerprint density at radius 1 is 0.952 bits per heavy atom. The second-order valence-corrected chi connectivity index (χ2v) is 24.1. The second-order valence-electron chi connectivity index (χ2n) is 14.7. The summed E-state index contributed by atoms with van der Waals surface area (Å²) >= 11 is 6.74. The van der Waals surface area contributed by atoms with Gasteiger partial charge in [-0.05, 0) is 100 Å². The minimum atomic E-state index is -2.10. The largest absolute Gasteiger partial charge is 0.490 e. The smallest absolute Gasteiger partial charge is 0.221 e. The zero-order valence-corrected chi connectivity index (χ0v) is 29.3. The van der Waals surface area contributed by atoms with Crippen LogP contribution >= 0.6 is 11.6 Å². The van der Waals surface area contributed by atoms with E-state index in [-0.39, 0.29) is 24.2 Å². The van der Waals surface area contributed by atoms with Crippen molar-refractivity contribution in [1.82, 2.24) is 0 Å². The van der Waals surface area contributed by atoms with E-state index in [1.54, 1.807) is 0 Å². The first kappa shape index (κ1) is 32.2. The molecule has 5 rings (SSSR count). The van der Waals surface area contributed by atoms with Crippen LogP contribution in [0.2, 0.25) is 44.3 Å². The Labute approximate surface area is 259 Å². The van der Waals surface area contributed by atoms with Gasteiger partial charge in [0.25, 0.3) is 0 Å². The molecule has 0 amide bonds. The van der Waals surface area contributed by atoms with Crippen molar-refractivity contribution in [3.8, 4) is 5.75 Å². The molecule has 1 unspecified atom stereocenters. The minimum absolute atomic E-state index is 0.0726. The highest BCUT2D eigenvalue weighted by molar-refractivity contribution is 6.70. The Hall–Kier alpha value is -1.24. The van der Waals surface area contributed by atoms with E-state index in [1.807, 2.05) is 30.3 Å². The molecular formula is C33H49ClO6Si2. The van der Waals surface area contributed by atoms with Crippen LogP contribution in [0.5, 0.6) is 5.75 Å². The highest BCUT2D eigenvalue weighted by Gasteiger charge is 2.56. The Morgan fingerprint density at radius 2 is 1.60 bits per heavy atom. The first-order valence-corrected chi connectivity index (χ1v) is 22.7. The molecule has 3 fully saturated rings. The fraction of sp³-hybridized carbons (Fsp3) is 0.636. The number of ether oxygens (including phenoxy) is 3. The average Bonchev–Trinajstić information content (AvgIpc) is 2.85. The lowest BCUT2D eigenvalue weighted by molar-refractivity contribution is -0.339. The molecule has 232 valence electrons. The van der Waals surface area contributed by atoms with Gasteiger partial charge in [-0.15, -0.1) is 0 Å². The Balaban J connectivity index is 1.39. The van der Waals surface area contributed by atoms with Gasteiger partial charge in [0.2, 0.25) is 5.79 Å². The zero-order valence-electron chi connectivity index (χ0n) is 26.5. The topological polar surface area (TPSA) is 66.4 Å². The van der Waals surface area contributed by atoms with Gasteiger partial charge < -0.3 is 28.2 Å². The van der Waals surface area contributed by atoms with E-state index in [1.165, 1.54) is 0 Å². The van der Waals surface area contributed by atoms with Crippen LogP contribution in [-0.4, -0.2) is 59.4 Å². The van der Waals surface area contributed by atoms with Crippen molar-refractivity contribution in [3.63, 3.8) is 0 Å². The van der Waals surface area contributed by atoms with Gasteiger partial charge in [-0.1, -0.05) is 43.6 Å². The van der Waals surface area contributed by atoms with Gasteiger partial charge in [0, 0.05) is 21.9 Å². The lowest BCUT2D eigenvalue weighted by Gasteiger charge is -2.53. The van der Waals surface area contributed by atoms with Gasteiger partial charge in [-0.25, -0.2) is 0 Å². The molecule has 1 spiro atoms. The summed E-state index contributed by atoms with van der Waals surface area (Å²) in [5.74, 6) is -0.702. The van der Waals surface area contributed by atoms with Crippen molar-refractivity contribution in [1.29, 1.82) is 0 Å². The fourth-order valence-electron chi connectivity index (χ4n) is 6.55. The number of benzene rings is 2. The molecule has 1 saturated carbocycles. The second kappa shape index (κ2) is 11.9. The molecule has 6 nitrogen and oxygen atoms in total. The van der Waals surface area contributed by atoms with Crippen LogP contribution in [0.1, 0.15) is 49.8 Å². The van der Waals surface area contributed by atoms with Crippen molar-refractivity contribution in [2.24, 2.45) is 11.3 Å². The number of halogens is 1. The van der Waals surface area contributed by atoms with E-state index in [2.05, 4.69) is 65.3 Å². The molecule has 9 heteroatoms. The zero-order chi connectivity index (χ0) is 30.5. The van der Waals surface area contributed by atoms with Gasteiger partial charge in [0.1, 0.15) is 18.0 Å². The summed E-state index contributed by atoms with van der Waals surface area (Å²) in [5, 5.41) is 13.1. The molecule has 2 aromatic carbocycles. The van der Waals surface area contributed by atoms with Crippen LogP contribution in [0, 0.1) is 11.3 Å². The molecule has 0 radical (unpaired) electrons. The van der Waals surface area contributed by atoms with Crippen molar-refractivity contribution >= 4 is 28.2 Å². The highest BCUT2D eigenvalue weighted by atomic mass is 35.5. The molecule has 2 aromatic rings. The number of aliphatic hydroxyl groups is 1. The van der Waals surface area contributed by atoms with Gasteiger partial charge in [-0.3, -0.25) is 0 Å². The number of rotatable bonds is 10. The molecule has 5 atom stereocenters. The fourth-order valence-corrected chi connectivity index (χ4v) is 8.95. The summed E-state index contributed by atoms with van der Waals surface area (Å²) in [5.41, 5.74) is 3.07. The molecule has 42 heavy (non-hydrogen) atoms. The minimum Gasteiger partial charge on any atom is -0.490 e. The molecule has 0 aromatic heterocycles. The lowest BCUT2D eigenvalue weighted by atomic mass is 9.65. The summed E-state index contributed by atoms with van der Waals surface area (Å²) in [6, 6.07) is 14.0. The normalized spacial score (nSPS) is 29.7. The van der Waals surface area contributed by atoms with E-state index in [0.29, 0.717) is 22.4 Å². The van der Waals surface area contributed by atoms with Gasteiger partial charge in [0.15, 0.2) is 16.6 Å². The summed E-state index contributed by atoms with van der Waals surface area (Å²) in [4.78, 5) is 0. The molecule has 2 heterocycles. The van der Waals surface area contributed by atoms with Crippen molar-refractivity contribution < 1.29 is 28.2 Å². The maximum absolute atomic E-state index is 12.5. The Bertz CT molecular complexity index is 1230. The SMILES string of the molecule is CC[C@H]1OC(O)(c2ccc(Cl)c(Cc3ccc(OC4CC5(COC5)C4)cc3)c2)[C@H](O[Si](C)(C)C)[C@@H](O[Si](C)(C)C)[C@@H]1C. The van der Waals surface area contributed by atoms with Gasteiger partial charge in [-0.2, -0.15) is 0 Å². The van der Waals surface area contributed by atoms with E-state index in [9.17, 15) is 5.11 Å². The maximum Gasteiger partial charge on any atom is 0.221 e. The van der Waals surface area contributed by atoms with Crippen LogP contribution < -0.4 is 4.74 Å². The van der Waals surface area contributed by atoms with Gasteiger partial charge >= 0.3 is 0 Å². The molecule has 3 aliphatic rings. The molecular weight excluding hydrogens is 584 g/mol. The van der Waals surface area contributed by atoms with Crippen molar-refractivity contribution in [3.05, 3.63) is 64.2 Å². The molecule has 0 bridgehead atoms. The molecule has 1 N–H and O–H groups in total. The molecule has 2 aliphatic heterocycles. The predicted octanol–water partition coefficient (Wildman–Crippen LogP) is 7.52. The average molecular weight is 633 g/mol. The summed E-state index contributed by atoms with van der Waals surface area (Å²) in [6.07, 6.45) is 2.69. The summed E-state index contributed by atoms with van der Waals surface area (Å²) in [6.45, 7) is 19.0. The standard InChI is InChI=1S/C33H49ClO6Si2/c1-9-29-22(2)30(39-41(3,4)5)31(40-42(6,7)8)33(35,38-29)25-12-15-28(34)24(17-25)16-23-10-13-26(14-11-23)37-27-18-32(19-27)20-36-21-32/h10-15,17,22,27,29-31,35H,9,16,18-21H2,1-8H3/t22-,29-,30+,31-,33?/m1/s1. The van der Waals surface area contributed by atoms with Gasteiger partial charge in [0.05, 0.1) is 25.4 Å². The van der Waals surface area contributed by atoms with E-state index < -0.39 is 28.5 Å². The Kier molecular flexibility index (Phi) is 9.14. The quantitative estimate of drug-likeness (QED) is 0.273. The van der Waals surface area contributed by atoms with Crippen LogP contribution in [0.15, 0.2) is 42.5 Å². The highest BCUT2D eigenvalue weighted by Crippen LogP contribution is 2.48. The van der Waals surface area contributed by atoms with Crippen LogP contribution in [0.4, 0.5) is 0 Å². The molecule has 2 saturated heterocycles. The van der Waals surface area contributed by atoms with E-state index >= 15 is 0 Å². The number of hydrogen-bond donors (Lipinski definition) is 1. The van der Waals surface area contributed by atoms with Crippen molar-refractivity contribution in [2.45, 2.75) is 109 Å². The maximum atomic E-state index is 12.5. The third-order valence-corrected chi connectivity index (χ3v) is 11.0. The van der Waals surface area contributed by atoms with E-state index in [0.717, 1.165) is 49.4 Å². The van der Waals surface area contributed by atoms with Crippen molar-refractivity contribution in [2.75, 3.05) is 13.2 Å².